The predicted molar refractivity (Wildman–Crippen MR) is 93.7 cm³/mol. The Morgan fingerprint density at radius 3 is 2.35 bits per heavy atom. The third-order valence-corrected chi connectivity index (χ3v) is 4.37. The number of urea groups is 1. The van der Waals surface area contributed by atoms with E-state index in [9.17, 15) is 14.4 Å². The normalized spacial score (nSPS) is 15.5. The van der Waals surface area contributed by atoms with E-state index in [1.54, 1.807) is 24.3 Å². The lowest BCUT2D eigenvalue weighted by Gasteiger charge is -2.25. The molecule has 7 heteroatoms. The second kappa shape index (κ2) is 8.48. The molecule has 1 fully saturated rings. The molecule has 1 aromatic rings. The van der Waals surface area contributed by atoms with Crippen LogP contribution in [0.25, 0.3) is 0 Å². The van der Waals surface area contributed by atoms with Crippen LogP contribution >= 0.6 is 0 Å². The van der Waals surface area contributed by atoms with Crippen molar-refractivity contribution in [1.29, 1.82) is 5.26 Å². The number of hydrogen-bond acceptors (Lipinski definition) is 5. The number of carbonyl (C=O) groups excluding carboxylic acids is 3. The van der Waals surface area contributed by atoms with Crippen molar-refractivity contribution in [2.45, 2.75) is 51.7 Å². The van der Waals surface area contributed by atoms with E-state index < -0.39 is 24.1 Å². The van der Waals surface area contributed by atoms with E-state index in [4.69, 9.17) is 10.00 Å². The second-order valence-corrected chi connectivity index (χ2v) is 6.37. The van der Waals surface area contributed by atoms with Gasteiger partial charge in [-0.15, -0.1) is 0 Å². The Labute approximate surface area is 152 Å². The summed E-state index contributed by atoms with van der Waals surface area (Å²) >= 11 is 0. The van der Waals surface area contributed by atoms with E-state index in [1.807, 2.05) is 19.9 Å². The standard InChI is InChI=1S/C19H23N3O4/c1-3-9-19(10-4-2)17(24)22(18(25)21-19)12-16(23)26-13-15-7-5-14(11-20)6-8-15/h5-8H,3-4,9-10,12-13H2,1-2H3,(H,21,25). The summed E-state index contributed by atoms with van der Waals surface area (Å²) < 4.78 is 5.15. The van der Waals surface area contributed by atoms with Crippen molar-refractivity contribution in [3.63, 3.8) is 0 Å². The zero-order valence-corrected chi connectivity index (χ0v) is 15.1. The Bertz CT molecular complexity index is 715. The highest BCUT2D eigenvalue weighted by molar-refractivity contribution is 6.08. The first-order chi connectivity index (χ1) is 12.5. The Morgan fingerprint density at radius 2 is 1.81 bits per heavy atom. The molecule has 26 heavy (non-hydrogen) atoms. The molecule has 138 valence electrons. The Balaban J connectivity index is 1.96. The van der Waals surface area contributed by atoms with Gasteiger partial charge in [-0.3, -0.25) is 14.5 Å². The molecule has 0 aliphatic carbocycles. The van der Waals surface area contributed by atoms with Gasteiger partial charge < -0.3 is 10.1 Å². The number of esters is 1. The van der Waals surface area contributed by atoms with Gasteiger partial charge in [-0.2, -0.15) is 5.26 Å². The maximum absolute atomic E-state index is 12.7. The van der Waals surface area contributed by atoms with Crippen LogP contribution in [0.2, 0.25) is 0 Å². The number of ether oxygens (including phenoxy) is 1. The molecule has 1 aliphatic rings. The predicted octanol–water partition coefficient (Wildman–Crippen LogP) is 2.49. The quantitative estimate of drug-likeness (QED) is 0.569. The number of nitrogens with one attached hydrogen (secondary N) is 1. The maximum Gasteiger partial charge on any atom is 0.326 e. The summed E-state index contributed by atoms with van der Waals surface area (Å²) in [5.74, 6) is -1.01. The van der Waals surface area contributed by atoms with Crippen molar-refractivity contribution in [1.82, 2.24) is 10.2 Å². The minimum absolute atomic E-state index is 0.0171. The molecule has 0 radical (unpaired) electrons. The van der Waals surface area contributed by atoms with Gasteiger partial charge in [0.15, 0.2) is 0 Å². The summed E-state index contributed by atoms with van der Waals surface area (Å²) in [5, 5.41) is 11.5. The average Bonchev–Trinajstić information content (AvgIpc) is 2.85. The van der Waals surface area contributed by atoms with Crippen LogP contribution in [0, 0.1) is 11.3 Å². The first-order valence-electron chi connectivity index (χ1n) is 8.74. The first-order valence-corrected chi connectivity index (χ1v) is 8.74. The van der Waals surface area contributed by atoms with E-state index in [0.29, 0.717) is 18.4 Å². The molecule has 1 heterocycles. The van der Waals surface area contributed by atoms with Crippen molar-refractivity contribution in [3.05, 3.63) is 35.4 Å². The summed E-state index contributed by atoms with van der Waals surface area (Å²) in [6.45, 7) is 3.51. The van der Waals surface area contributed by atoms with Crippen LogP contribution < -0.4 is 5.32 Å². The van der Waals surface area contributed by atoms with Gasteiger partial charge in [0.05, 0.1) is 11.6 Å². The number of imide groups is 1. The fraction of sp³-hybridized carbons (Fsp3) is 0.474. The molecule has 0 unspecified atom stereocenters. The fourth-order valence-corrected chi connectivity index (χ4v) is 3.15. The van der Waals surface area contributed by atoms with Gasteiger partial charge in [-0.25, -0.2) is 4.79 Å². The highest BCUT2D eigenvalue weighted by Crippen LogP contribution is 2.28. The lowest BCUT2D eigenvalue weighted by molar-refractivity contribution is -0.149. The number of amides is 3. The van der Waals surface area contributed by atoms with Gasteiger partial charge in [-0.05, 0) is 30.5 Å². The van der Waals surface area contributed by atoms with E-state index in [2.05, 4.69) is 5.32 Å². The molecule has 0 bridgehead atoms. The van der Waals surface area contributed by atoms with E-state index in [1.165, 1.54) is 0 Å². The highest BCUT2D eigenvalue weighted by atomic mass is 16.5. The number of hydrogen-bond donors (Lipinski definition) is 1. The molecule has 2 rings (SSSR count). The maximum atomic E-state index is 12.7. The van der Waals surface area contributed by atoms with Gasteiger partial charge in [0.1, 0.15) is 18.7 Å². The molecule has 0 aromatic heterocycles. The summed E-state index contributed by atoms with van der Waals surface area (Å²) in [7, 11) is 0. The third kappa shape index (κ3) is 4.20. The number of carbonyl (C=O) groups is 3. The van der Waals surface area contributed by atoms with Crippen LogP contribution in [0.4, 0.5) is 4.79 Å². The zero-order valence-electron chi connectivity index (χ0n) is 15.1. The second-order valence-electron chi connectivity index (χ2n) is 6.37. The first kappa shape index (κ1) is 19.4. The van der Waals surface area contributed by atoms with Crippen LogP contribution in [0.5, 0.6) is 0 Å². The molecular weight excluding hydrogens is 334 g/mol. The van der Waals surface area contributed by atoms with Crippen molar-refractivity contribution >= 4 is 17.9 Å². The Kier molecular flexibility index (Phi) is 6.34. The molecule has 1 aromatic carbocycles. The minimum atomic E-state index is -0.909. The topological polar surface area (TPSA) is 99.5 Å². The van der Waals surface area contributed by atoms with Gasteiger partial charge in [0, 0.05) is 0 Å². The van der Waals surface area contributed by atoms with Crippen LogP contribution in [-0.4, -0.2) is 34.9 Å². The summed E-state index contributed by atoms with van der Waals surface area (Å²) in [5.41, 5.74) is 0.331. The lowest BCUT2D eigenvalue weighted by Crippen LogP contribution is -2.47. The summed E-state index contributed by atoms with van der Waals surface area (Å²) in [6.07, 6.45) is 2.59. The van der Waals surface area contributed by atoms with Gasteiger partial charge in [-0.1, -0.05) is 38.8 Å². The zero-order chi connectivity index (χ0) is 19.2. The molecule has 1 N–H and O–H groups in total. The minimum Gasteiger partial charge on any atom is -0.459 e. The third-order valence-electron chi connectivity index (χ3n) is 4.37. The Morgan fingerprint density at radius 1 is 1.19 bits per heavy atom. The van der Waals surface area contributed by atoms with Gasteiger partial charge >= 0.3 is 12.0 Å². The number of nitrogens with zero attached hydrogens (tertiary/aromatic N) is 2. The summed E-state index contributed by atoms with van der Waals surface area (Å²) in [4.78, 5) is 37.9. The van der Waals surface area contributed by atoms with E-state index >= 15 is 0 Å². The van der Waals surface area contributed by atoms with Crippen molar-refractivity contribution < 1.29 is 19.1 Å². The molecule has 0 atom stereocenters. The monoisotopic (exact) mass is 357 g/mol. The average molecular weight is 357 g/mol. The molecule has 3 amide bonds. The molecule has 7 nitrogen and oxygen atoms in total. The Hall–Kier alpha value is -2.88. The van der Waals surface area contributed by atoms with Crippen LogP contribution in [0.15, 0.2) is 24.3 Å². The van der Waals surface area contributed by atoms with E-state index in [0.717, 1.165) is 23.3 Å². The van der Waals surface area contributed by atoms with Crippen molar-refractivity contribution in [2.75, 3.05) is 6.54 Å². The SMILES string of the molecule is CCCC1(CCC)NC(=O)N(CC(=O)OCc2ccc(C#N)cc2)C1=O. The number of nitriles is 1. The van der Waals surface area contributed by atoms with Crippen molar-refractivity contribution in [3.8, 4) is 6.07 Å². The van der Waals surface area contributed by atoms with Crippen LogP contribution in [-0.2, 0) is 20.9 Å². The molecular formula is C19H23N3O4. The van der Waals surface area contributed by atoms with Gasteiger partial charge in [0.2, 0.25) is 0 Å². The van der Waals surface area contributed by atoms with Crippen LogP contribution in [0.1, 0.15) is 50.7 Å². The van der Waals surface area contributed by atoms with Gasteiger partial charge in [0.25, 0.3) is 5.91 Å². The number of benzene rings is 1. The van der Waals surface area contributed by atoms with Crippen LogP contribution in [0.3, 0.4) is 0 Å². The molecule has 0 spiro atoms. The molecule has 1 saturated heterocycles. The van der Waals surface area contributed by atoms with Crippen molar-refractivity contribution in [2.24, 2.45) is 0 Å². The lowest BCUT2D eigenvalue weighted by atomic mass is 9.88. The molecule has 0 saturated carbocycles. The van der Waals surface area contributed by atoms with E-state index in [-0.39, 0.29) is 12.5 Å². The fourth-order valence-electron chi connectivity index (χ4n) is 3.15. The summed E-state index contributed by atoms with van der Waals surface area (Å²) in [6, 6.07) is 8.09. The smallest absolute Gasteiger partial charge is 0.326 e. The largest absolute Gasteiger partial charge is 0.459 e. The highest BCUT2D eigenvalue weighted by Gasteiger charge is 2.50. The molecule has 1 aliphatic heterocycles. The number of rotatable bonds is 8.